The molecule has 2 aromatic rings. The topological polar surface area (TPSA) is 85.3 Å². The number of hydrogen-bond acceptors (Lipinski definition) is 5. The largest absolute Gasteiger partial charge is 0.465 e. The third-order valence-electron chi connectivity index (χ3n) is 6.96. The van der Waals surface area contributed by atoms with Crippen molar-refractivity contribution in [3.05, 3.63) is 60.7 Å². The monoisotopic (exact) mass is 497 g/mol. The Morgan fingerprint density at radius 1 is 1.06 bits per heavy atom. The summed E-state index contributed by atoms with van der Waals surface area (Å²) in [6.45, 7) is 7.16. The highest BCUT2D eigenvalue weighted by Crippen LogP contribution is 2.38. The SMILES string of the molecule is CC(C)(C)[Si](OC[C@@H]1[C@H](OC2CCCCO2)CC(=O)N1C(=O)O)(c1ccccc1)c1ccccc1. The van der Waals surface area contributed by atoms with Crippen molar-refractivity contribution in [2.45, 2.75) is 69.9 Å². The minimum Gasteiger partial charge on any atom is -0.465 e. The fourth-order valence-electron chi connectivity index (χ4n) is 5.31. The zero-order valence-corrected chi connectivity index (χ0v) is 21.7. The summed E-state index contributed by atoms with van der Waals surface area (Å²) in [5, 5.41) is 11.8. The second kappa shape index (κ2) is 10.6. The van der Waals surface area contributed by atoms with E-state index in [1.807, 2.05) is 36.4 Å². The smallest absolute Gasteiger partial charge is 0.414 e. The lowest BCUT2D eigenvalue weighted by Gasteiger charge is -2.44. The Morgan fingerprint density at radius 3 is 2.14 bits per heavy atom. The Bertz CT molecular complexity index is 964. The lowest BCUT2D eigenvalue weighted by molar-refractivity contribution is -0.192. The molecule has 3 atom stereocenters. The summed E-state index contributed by atoms with van der Waals surface area (Å²) < 4.78 is 18.9. The number of ether oxygens (including phenoxy) is 2. The van der Waals surface area contributed by atoms with Gasteiger partial charge in [0.2, 0.25) is 5.91 Å². The van der Waals surface area contributed by atoms with Crippen molar-refractivity contribution in [2.24, 2.45) is 0 Å². The van der Waals surface area contributed by atoms with Crippen LogP contribution in [0.25, 0.3) is 0 Å². The van der Waals surface area contributed by atoms with Crippen LogP contribution in [0.2, 0.25) is 5.04 Å². The molecule has 2 fully saturated rings. The van der Waals surface area contributed by atoms with Crippen LogP contribution in [-0.2, 0) is 18.7 Å². The van der Waals surface area contributed by atoms with Crippen LogP contribution in [0, 0.1) is 0 Å². The molecular formula is C27H35NO6Si. The molecule has 2 aliphatic rings. The molecule has 0 aromatic heterocycles. The molecular weight excluding hydrogens is 462 g/mol. The van der Waals surface area contributed by atoms with E-state index in [9.17, 15) is 14.7 Å². The van der Waals surface area contributed by atoms with Crippen molar-refractivity contribution in [2.75, 3.05) is 13.2 Å². The van der Waals surface area contributed by atoms with Crippen LogP contribution < -0.4 is 10.4 Å². The maximum absolute atomic E-state index is 12.7. The molecule has 0 saturated carbocycles. The van der Waals surface area contributed by atoms with Crippen LogP contribution in [0.3, 0.4) is 0 Å². The van der Waals surface area contributed by atoms with E-state index in [0.717, 1.165) is 34.5 Å². The van der Waals surface area contributed by atoms with Gasteiger partial charge in [-0.15, -0.1) is 0 Å². The summed E-state index contributed by atoms with van der Waals surface area (Å²) in [6, 6.07) is 19.6. The van der Waals surface area contributed by atoms with E-state index >= 15 is 0 Å². The Labute approximate surface area is 208 Å². The van der Waals surface area contributed by atoms with Crippen LogP contribution in [0.15, 0.2) is 60.7 Å². The predicted molar refractivity (Wildman–Crippen MR) is 135 cm³/mol. The molecule has 2 heterocycles. The van der Waals surface area contributed by atoms with Crippen molar-refractivity contribution in [3.8, 4) is 0 Å². The quantitative estimate of drug-likeness (QED) is 0.587. The lowest BCUT2D eigenvalue weighted by atomic mass is 10.1. The van der Waals surface area contributed by atoms with Gasteiger partial charge in [0.1, 0.15) is 0 Å². The molecule has 7 nitrogen and oxygen atoms in total. The van der Waals surface area contributed by atoms with Gasteiger partial charge in [-0.25, -0.2) is 9.69 Å². The summed E-state index contributed by atoms with van der Waals surface area (Å²) >= 11 is 0. The van der Waals surface area contributed by atoms with Gasteiger partial charge in [-0.1, -0.05) is 81.4 Å². The maximum atomic E-state index is 12.7. The Kier molecular flexibility index (Phi) is 7.76. The summed E-state index contributed by atoms with van der Waals surface area (Å²) in [6.07, 6.45) is 0.385. The van der Waals surface area contributed by atoms with Crippen molar-refractivity contribution in [3.63, 3.8) is 0 Å². The van der Waals surface area contributed by atoms with Gasteiger partial charge in [-0.3, -0.25) is 4.79 Å². The summed E-state index contributed by atoms with van der Waals surface area (Å²) in [5.74, 6) is -0.464. The maximum Gasteiger partial charge on any atom is 0.414 e. The fraction of sp³-hybridized carbons (Fsp3) is 0.481. The first-order valence-electron chi connectivity index (χ1n) is 12.3. The van der Waals surface area contributed by atoms with Crippen molar-refractivity contribution < 1.29 is 28.6 Å². The van der Waals surface area contributed by atoms with Crippen LogP contribution in [0.5, 0.6) is 0 Å². The van der Waals surface area contributed by atoms with Gasteiger partial charge in [0.05, 0.1) is 25.2 Å². The van der Waals surface area contributed by atoms with E-state index < -0.39 is 38.8 Å². The molecule has 0 spiro atoms. The van der Waals surface area contributed by atoms with E-state index in [0.29, 0.717) is 6.61 Å². The highest BCUT2D eigenvalue weighted by atomic mass is 28.4. The second-order valence-corrected chi connectivity index (χ2v) is 14.6. The molecule has 0 aliphatic carbocycles. The predicted octanol–water partition coefficient (Wildman–Crippen LogP) is 3.75. The number of imide groups is 1. The molecule has 188 valence electrons. The van der Waals surface area contributed by atoms with E-state index in [4.69, 9.17) is 13.9 Å². The molecule has 35 heavy (non-hydrogen) atoms. The van der Waals surface area contributed by atoms with Gasteiger partial charge in [0, 0.05) is 6.61 Å². The molecule has 2 aliphatic heterocycles. The Hall–Kier alpha value is -2.52. The van der Waals surface area contributed by atoms with Gasteiger partial charge in [0.25, 0.3) is 8.32 Å². The summed E-state index contributed by atoms with van der Waals surface area (Å²) in [7, 11) is -2.90. The molecule has 4 rings (SSSR count). The highest BCUT2D eigenvalue weighted by Gasteiger charge is 2.53. The van der Waals surface area contributed by atoms with Crippen molar-refractivity contribution >= 4 is 30.7 Å². The molecule has 0 radical (unpaired) electrons. The number of likely N-dealkylation sites (tertiary alicyclic amines) is 1. The molecule has 1 unspecified atom stereocenters. The Morgan fingerprint density at radius 2 is 1.66 bits per heavy atom. The second-order valence-electron chi connectivity index (χ2n) is 10.3. The number of carboxylic acid groups (broad SMARTS) is 1. The first kappa shape index (κ1) is 25.6. The highest BCUT2D eigenvalue weighted by molar-refractivity contribution is 6.99. The van der Waals surface area contributed by atoms with Crippen molar-refractivity contribution in [1.82, 2.24) is 4.90 Å². The third kappa shape index (κ3) is 5.21. The van der Waals surface area contributed by atoms with Crippen molar-refractivity contribution in [1.29, 1.82) is 0 Å². The Balaban J connectivity index is 1.70. The number of benzene rings is 2. The molecule has 0 bridgehead atoms. The van der Waals surface area contributed by atoms with E-state index in [1.165, 1.54) is 0 Å². The summed E-state index contributed by atoms with van der Waals surface area (Å²) in [4.78, 5) is 25.7. The normalized spacial score (nSPS) is 23.5. The van der Waals surface area contributed by atoms with Crippen LogP contribution >= 0.6 is 0 Å². The molecule has 2 amide bonds. The van der Waals surface area contributed by atoms with Gasteiger partial charge in [-0.05, 0) is 34.7 Å². The minimum atomic E-state index is -2.90. The van der Waals surface area contributed by atoms with Gasteiger partial charge in [0.15, 0.2) is 6.29 Å². The molecule has 1 N–H and O–H groups in total. The van der Waals surface area contributed by atoms with E-state index in [1.54, 1.807) is 0 Å². The number of carbonyl (C=O) groups is 2. The van der Waals surface area contributed by atoms with Gasteiger partial charge in [-0.2, -0.15) is 0 Å². The number of rotatable bonds is 7. The zero-order valence-electron chi connectivity index (χ0n) is 20.7. The fourth-order valence-corrected chi connectivity index (χ4v) is 9.89. The first-order valence-corrected chi connectivity index (χ1v) is 14.2. The van der Waals surface area contributed by atoms with E-state index in [-0.39, 0.29) is 18.1 Å². The standard InChI is InChI=1S/C27H35NO6Si/c1-27(2,3)35(20-12-6-4-7-13-20,21-14-8-5-9-15-21)33-19-22-23(18-24(29)28(22)26(30)31)34-25-16-10-11-17-32-25/h4-9,12-15,22-23,25H,10-11,16-19H2,1-3H3,(H,30,31)/t22-,23-,25?/m1/s1. The lowest BCUT2D eigenvalue weighted by Crippen LogP contribution is -2.67. The van der Waals surface area contributed by atoms with E-state index in [2.05, 4.69) is 45.0 Å². The average molecular weight is 498 g/mol. The number of hydrogen-bond donors (Lipinski definition) is 1. The molecule has 2 aromatic carbocycles. The van der Waals surface area contributed by atoms with Crippen LogP contribution in [0.1, 0.15) is 46.5 Å². The number of carbonyl (C=O) groups excluding carboxylic acids is 1. The molecule has 2 saturated heterocycles. The van der Waals surface area contributed by atoms with Gasteiger partial charge < -0.3 is 19.0 Å². The average Bonchev–Trinajstić information content (AvgIpc) is 3.15. The van der Waals surface area contributed by atoms with Crippen LogP contribution in [0.4, 0.5) is 4.79 Å². The third-order valence-corrected chi connectivity index (χ3v) is 12.0. The number of nitrogens with zero attached hydrogens (tertiary/aromatic N) is 1. The minimum absolute atomic E-state index is 0.000927. The number of amides is 2. The zero-order chi connectivity index (χ0) is 25.1. The van der Waals surface area contributed by atoms with Crippen LogP contribution in [-0.4, -0.2) is 62.0 Å². The molecule has 8 heteroatoms. The first-order chi connectivity index (χ1) is 16.7. The summed E-state index contributed by atoms with van der Waals surface area (Å²) in [5.41, 5.74) is 0. The van der Waals surface area contributed by atoms with Gasteiger partial charge >= 0.3 is 6.09 Å².